The van der Waals surface area contributed by atoms with Gasteiger partial charge in [-0.15, -0.1) is 0 Å². The topological polar surface area (TPSA) is 36.9 Å². The number of methoxy groups -OCH3 is 3. The molecule has 0 bridgehead atoms. The molecule has 19 heavy (non-hydrogen) atoms. The molecule has 0 aliphatic heterocycles. The SMILES string of the molecule is COc1cc(Oc2ccccc2)cc(OC)c1OC. The first-order valence-electron chi connectivity index (χ1n) is 5.81. The monoisotopic (exact) mass is 260 g/mol. The highest BCUT2D eigenvalue weighted by Gasteiger charge is 2.14. The van der Waals surface area contributed by atoms with Crippen molar-refractivity contribution in [3.05, 3.63) is 42.5 Å². The maximum atomic E-state index is 5.75. The molecule has 0 heterocycles. The molecule has 2 rings (SSSR count). The highest BCUT2D eigenvalue weighted by Crippen LogP contribution is 2.41. The third-order valence-electron chi connectivity index (χ3n) is 2.62. The van der Waals surface area contributed by atoms with E-state index in [9.17, 15) is 0 Å². The van der Waals surface area contributed by atoms with Crippen LogP contribution < -0.4 is 18.9 Å². The summed E-state index contributed by atoms with van der Waals surface area (Å²) in [4.78, 5) is 0. The lowest BCUT2D eigenvalue weighted by Crippen LogP contribution is -1.96. The molecular weight excluding hydrogens is 244 g/mol. The fraction of sp³-hybridized carbons (Fsp3) is 0.200. The van der Waals surface area contributed by atoms with E-state index in [4.69, 9.17) is 18.9 Å². The molecule has 0 fully saturated rings. The third kappa shape index (κ3) is 2.91. The van der Waals surface area contributed by atoms with Crippen molar-refractivity contribution in [2.75, 3.05) is 21.3 Å². The first-order valence-corrected chi connectivity index (χ1v) is 5.81. The molecule has 0 aromatic heterocycles. The predicted molar refractivity (Wildman–Crippen MR) is 72.6 cm³/mol. The van der Waals surface area contributed by atoms with E-state index >= 15 is 0 Å². The van der Waals surface area contributed by atoms with Crippen LogP contribution in [0.5, 0.6) is 28.7 Å². The summed E-state index contributed by atoms with van der Waals surface area (Å²) in [6.45, 7) is 0. The predicted octanol–water partition coefficient (Wildman–Crippen LogP) is 3.50. The maximum Gasteiger partial charge on any atom is 0.203 e. The van der Waals surface area contributed by atoms with Crippen LogP contribution in [0.2, 0.25) is 0 Å². The van der Waals surface area contributed by atoms with Crippen molar-refractivity contribution in [1.29, 1.82) is 0 Å². The Kier molecular flexibility index (Phi) is 4.13. The molecular formula is C15H16O4. The molecule has 0 saturated carbocycles. The van der Waals surface area contributed by atoms with Gasteiger partial charge in [-0.3, -0.25) is 0 Å². The molecule has 0 saturated heterocycles. The lowest BCUT2D eigenvalue weighted by atomic mass is 10.2. The van der Waals surface area contributed by atoms with E-state index in [0.29, 0.717) is 23.0 Å². The van der Waals surface area contributed by atoms with Gasteiger partial charge in [0.1, 0.15) is 11.5 Å². The van der Waals surface area contributed by atoms with Crippen molar-refractivity contribution in [2.24, 2.45) is 0 Å². The van der Waals surface area contributed by atoms with Gasteiger partial charge in [-0.25, -0.2) is 0 Å². The van der Waals surface area contributed by atoms with Crippen LogP contribution in [0.4, 0.5) is 0 Å². The summed E-state index contributed by atoms with van der Waals surface area (Å²) in [6.07, 6.45) is 0. The third-order valence-corrected chi connectivity index (χ3v) is 2.62. The van der Waals surface area contributed by atoms with Crippen LogP contribution in [0.15, 0.2) is 42.5 Å². The Balaban J connectivity index is 2.36. The molecule has 0 unspecified atom stereocenters. The normalized spacial score (nSPS) is 9.84. The Hall–Kier alpha value is -2.36. The Morgan fingerprint density at radius 2 is 1.26 bits per heavy atom. The van der Waals surface area contributed by atoms with Gasteiger partial charge in [0.15, 0.2) is 11.5 Å². The summed E-state index contributed by atoms with van der Waals surface area (Å²) in [6, 6.07) is 13.0. The molecule has 100 valence electrons. The average molecular weight is 260 g/mol. The zero-order chi connectivity index (χ0) is 13.7. The van der Waals surface area contributed by atoms with Crippen LogP contribution in [0.1, 0.15) is 0 Å². The highest BCUT2D eigenvalue weighted by molar-refractivity contribution is 5.56. The second-order valence-corrected chi connectivity index (χ2v) is 3.78. The molecule has 0 aliphatic rings. The van der Waals surface area contributed by atoms with Gasteiger partial charge in [0.25, 0.3) is 0 Å². The standard InChI is InChI=1S/C15H16O4/c1-16-13-9-12(10-14(17-2)15(13)18-3)19-11-7-5-4-6-8-11/h4-10H,1-3H3. The van der Waals surface area contributed by atoms with Crippen LogP contribution in [0, 0.1) is 0 Å². The summed E-state index contributed by atoms with van der Waals surface area (Å²) >= 11 is 0. The van der Waals surface area contributed by atoms with Crippen LogP contribution in [-0.4, -0.2) is 21.3 Å². The van der Waals surface area contributed by atoms with E-state index in [1.165, 1.54) is 0 Å². The number of rotatable bonds is 5. The second-order valence-electron chi connectivity index (χ2n) is 3.78. The van der Waals surface area contributed by atoms with Crippen LogP contribution in [0.25, 0.3) is 0 Å². The summed E-state index contributed by atoms with van der Waals surface area (Å²) in [5.74, 6) is 3.04. The van der Waals surface area contributed by atoms with Crippen molar-refractivity contribution in [3.8, 4) is 28.7 Å². The Morgan fingerprint density at radius 3 is 1.74 bits per heavy atom. The molecule has 2 aromatic rings. The van der Waals surface area contributed by atoms with Gasteiger partial charge in [0.05, 0.1) is 21.3 Å². The Bertz CT molecular complexity index is 512. The molecule has 4 heteroatoms. The molecule has 0 atom stereocenters. The number of para-hydroxylation sites is 1. The highest BCUT2D eigenvalue weighted by atomic mass is 16.5. The van der Waals surface area contributed by atoms with E-state index in [1.807, 2.05) is 30.3 Å². The van der Waals surface area contributed by atoms with E-state index in [-0.39, 0.29) is 0 Å². The largest absolute Gasteiger partial charge is 0.493 e. The molecule has 2 aromatic carbocycles. The zero-order valence-electron chi connectivity index (χ0n) is 11.2. The Labute approximate surface area is 112 Å². The second kappa shape index (κ2) is 6.00. The molecule has 0 spiro atoms. The molecule has 0 N–H and O–H groups in total. The lowest BCUT2D eigenvalue weighted by Gasteiger charge is -2.14. The minimum absolute atomic E-state index is 0.547. The first-order chi connectivity index (χ1) is 9.28. The minimum Gasteiger partial charge on any atom is -0.493 e. The smallest absolute Gasteiger partial charge is 0.203 e. The van der Waals surface area contributed by atoms with Crippen molar-refractivity contribution < 1.29 is 18.9 Å². The van der Waals surface area contributed by atoms with Crippen LogP contribution >= 0.6 is 0 Å². The van der Waals surface area contributed by atoms with Gasteiger partial charge in [-0.05, 0) is 12.1 Å². The van der Waals surface area contributed by atoms with Gasteiger partial charge >= 0.3 is 0 Å². The molecule has 0 aliphatic carbocycles. The van der Waals surface area contributed by atoms with Crippen molar-refractivity contribution >= 4 is 0 Å². The number of benzene rings is 2. The number of hydrogen-bond donors (Lipinski definition) is 0. The quantitative estimate of drug-likeness (QED) is 0.824. The van der Waals surface area contributed by atoms with Crippen molar-refractivity contribution in [2.45, 2.75) is 0 Å². The van der Waals surface area contributed by atoms with E-state index in [2.05, 4.69) is 0 Å². The van der Waals surface area contributed by atoms with Gasteiger partial charge in [0.2, 0.25) is 5.75 Å². The van der Waals surface area contributed by atoms with Gasteiger partial charge < -0.3 is 18.9 Å². The average Bonchev–Trinajstić information content (AvgIpc) is 2.47. The van der Waals surface area contributed by atoms with E-state index in [0.717, 1.165) is 5.75 Å². The minimum atomic E-state index is 0.547. The van der Waals surface area contributed by atoms with Gasteiger partial charge in [-0.1, -0.05) is 18.2 Å². The summed E-state index contributed by atoms with van der Waals surface area (Å²) in [7, 11) is 4.71. The fourth-order valence-corrected chi connectivity index (χ4v) is 1.74. The number of ether oxygens (including phenoxy) is 4. The van der Waals surface area contributed by atoms with Crippen LogP contribution in [-0.2, 0) is 0 Å². The first kappa shape index (κ1) is 13.1. The van der Waals surface area contributed by atoms with Crippen molar-refractivity contribution in [1.82, 2.24) is 0 Å². The summed E-state index contributed by atoms with van der Waals surface area (Å²) < 4.78 is 21.5. The maximum absolute atomic E-state index is 5.75. The summed E-state index contributed by atoms with van der Waals surface area (Å²) in [5.41, 5.74) is 0. The zero-order valence-corrected chi connectivity index (χ0v) is 11.2. The lowest BCUT2D eigenvalue weighted by molar-refractivity contribution is 0.321. The van der Waals surface area contributed by atoms with Crippen molar-refractivity contribution in [3.63, 3.8) is 0 Å². The van der Waals surface area contributed by atoms with Crippen LogP contribution in [0.3, 0.4) is 0 Å². The molecule has 0 radical (unpaired) electrons. The van der Waals surface area contributed by atoms with Gasteiger partial charge in [-0.2, -0.15) is 0 Å². The fourth-order valence-electron chi connectivity index (χ4n) is 1.74. The molecule has 0 amide bonds. The van der Waals surface area contributed by atoms with E-state index < -0.39 is 0 Å². The Morgan fingerprint density at radius 1 is 0.684 bits per heavy atom. The molecule has 4 nitrogen and oxygen atoms in total. The van der Waals surface area contributed by atoms with E-state index in [1.54, 1.807) is 33.5 Å². The number of hydrogen-bond acceptors (Lipinski definition) is 4. The van der Waals surface area contributed by atoms with Gasteiger partial charge in [0, 0.05) is 12.1 Å². The summed E-state index contributed by atoms with van der Waals surface area (Å²) in [5, 5.41) is 0.